The van der Waals surface area contributed by atoms with Crippen LogP contribution in [0.3, 0.4) is 0 Å². The van der Waals surface area contributed by atoms with Crippen molar-refractivity contribution < 1.29 is 13.9 Å². The van der Waals surface area contributed by atoms with Crippen LogP contribution in [0.2, 0.25) is 0 Å². The number of hydrogen-bond acceptors (Lipinski definition) is 3. The number of nitrogens with one attached hydrogen (secondary N) is 1. The van der Waals surface area contributed by atoms with Gasteiger partial charge in [0.2, 0.25) is 5.91 Å². The number of rotatable bonds is 6. The fraction of sp³-hybridized carbons (Fsp3) is 0.263. The zero-order valence-corrected chi connectivity index (χ0v) is 13.3. The molecule has 1 amide bonds. The highest BCUT2D eigenvalue weighted by molar-refractivity contribution is 5.76. The topological polar surface area (TPSA) is 51.2 Å². The molecule has 0 unspecified atom stereocenters. The van der Waals surface area contributed by atoms with Gasteiger partial charge in [-0.05, 0) is 36.2 Å². The molecule has 1 aromatic heterocycles. The van der Waals surface area contributed by atoms with Crippen LogP contribution >= 0.6 is 0 Å². The molecule has 3 rings (SSSR count). The Morgan fingerprint density at radius 2 is 2.17 bits per heavy atom. The Labute approximate surface area is 140 Å². The number of nitrogens with zero attached hydrogens (tertiary/aromatic N) is 1. The van der Waals surface area contributed by atoms with E-state index in [9.17, 15) is 9.18 Å². The molecule has 24 heavy (non-hydrogen) atoms. The number of pyridine rings is 1. The Kier molecular flexibility index (Phi) is 4.89. The van der Waals surface area contributed by atoms with Crippen molar-refractivity contribution in [3.8, 4) is 16.9 Å². The number of allylic oxidation sites excluding steroid dienone is 1. The highest BCUT2D eigenvalue weighted by atomic mass is 19.1. The molecule has 1 aliphatic heterocycles. The van der Waals surface area contributed by atoms with Crippen molar-refractivity contribution in [2.75, 3.05) is 6.54 Å². The lowest BCUT2D eigenvalue weighted by Crippen LogP contribution is -2.34. The molecule has 0 aliphatic carbocycles. The number of ether oxygens (including phenoxy) is 1. The second kappa shape index (κ2) is 7.25. The van der Waals surface area contributed by atoms with Crippen molar-refractivity contribution >= 4 is 5.91 Å². The van der Waals surface area contributed by atoms with Gasteiger partial charge in [0.05, 0.1) is 6.54 Å². The fourth-order valence-corrected chi connectivity index (χ4v) is 2.79. The molecule has 0 saturated heterocycles. The molecule has 1 aliphatic rings. The third kappa shape index (κ3) is 3.45. The Hall–Kier alpha value is -2.69. The van der Waals surface area contributed by atoms with Gasteiger partial charge in [0.1, 0.15) is 17.7 Å². The Morgan fingerprint density at radius 1 is 1.38 bits per heavy atom. The zero-order valence-electron chi connectivity index (χ0n) is 13.3. The predicted octanol–water partition coefficient (Wildman–Crippen LogP) is 3.27. The number of hydrogen-bond donors (Lipinski definition) is 1. The molecule has 0 bridgehead atoms. The minimum absolute atomic E-state index is 0.0516. The number of fused-ring (bicyclic) bond motifs is 1. The summed E-state index contributed by atoms with van der Waals surface area (Å²) in [6.45, 7) is 3.96. The summed E-state index contributed by atoms with van der Waals surface area (Å²) in [6, 6.07) is 6.90. The van der Waals surface area contributed by atoms with E-state index in [4.69, 9.17) is 4.74 Å². The zero-order chi connectivity index (χ0) is 16.9. The first-order valence-electron chi connectivity index (χ1n) is 7.95. The summed E-state index contributed by atoms with van der Waals surface area (Å²) in [6.07, 6.45) is 6.32. The summed E-state index contributed by atoms with van der Waals surface area (Å²) in [5.41, 5.74) is 2.33. The van der Waals surface area contributed by atoms with E-state index in [0.717, 1.165) is 11.1 Å². The number of carbonyl (C=O) groups is 1. The van der Waals surface area contributed by atoms with E-state index in [1.165, 1.54) is 6.07 Å². The van der Waals surface area contributed by atoms with Crippen molar-refractivity contribution in [1.29, 1.82) is 0 Å². The van der Waals surface area contributed by atoms with E-state index in [1.807, 2.05) is 12.1 Å². The van der Waals surface area contributed by atoms with Crippen molar-refractivity contribution in [3.05, 3.63) is 60.7 Å². The molecule has 5 heteroatoms. The van der Waals surface area contributed by atoms with E-state index in [0.29, 0.717) is 37.1 Å². The SMILES string of the molecule is C=CCCC(=O)NC[C@@H]1Cc2c(F)ccc(-c3ccncc3)c2O1. The molecule has 124 valence electrons. The summed E-state index contributed by atoms with van der Waals surface area (Å²) in [7, 11) is 0. The van der Waals surface area contributed by atoms with Crippen molar-refractivity contribution in [2.24, 2.45) is 0 Å². The monoisotopic (exact) mass is 326 g/mol. The smallest absolute Gasteiger partial charge is 0.220 e. The summed E-state index contributed by atoms with van der Waals surface area (Å²) < 4.78 is 20.1. The summed E-state index contributed by atoms with van der Waals surface area (Å²) in [5, 5.41) is 2.83. The van der Waals surface area contributed by atoms with E-state index in [-0.39, 0.29) is 17.8 Å². The van der Waals surface area contributed by atoms with Gasteiger partial charge in [-0.15, -0.1) is 6.58 Å². The van der Waals surface area contributed by atoms with Gasteiger partial charge in [-0.2, -0.15) is 0 Å². The van der Waals surface area contributed by atoms with Crippen LogP contribution in [0.5, 0.6) is 5.75 Å². The van der Waals surface area contributed by atoms with Crippen LogP contribution in [0, 0.1) is 5.82 Å². The van der Waals surface area contributed by atoms with E-state index in [2.05, 4.69) is 16.9 Å². The quantitative estimate of drug-likeness (QED) is 0.829. The minimum Gasteiger partial charge on any atom is -0.487 e. The van der Waals surface area contributed by atoms with E-state index in [1.54, 1.807) is 24.5 Å². The lowest BCUT2D eigenvalue weighted by atomic mass is 10.0. The van der Waals surface area contributed by atoms with Gasteiger partial charge in [0, 0.05) is 36.4 Å². The van der Waals surface area contributed by atoms with Crippen LogP contribution < -0.4 is 10.1 Å². The minimum atomic E-state index is -0.275. The number of carbonyl (C=O) groups excluding carboxylic acids is 1. The standard InChI is InChI=1S/C19H19FN2O2/c1-2-3-4-18(23)22-12-14-11-16-17(20)6-5-15(19(16)24-14)13-7-9-21-10-8-13/h2,5-10,14H,1,3-4,11-12H2,(H,22,23)/t14-/m0/s1. The number of benzene rings is 1. The first-order chi connectivity index (χ1) is 11.7. The third-order valence-corrected chi connectivity index (χ3v) is 4.01. The number of halogens is 1. The summed E-state index contributed by atoms with van der Waals surface area (Å²) in [5.74, 6) is 0.235. The fourth-order valence-electron chi connectivity index (χ4n) is 2.79. The van der Waals surface area contributed by atoms with Crippen LogP contribution in [0.1, 0.15) is 18.4 Å². The average Bonchev–Trinajstić information content (AvgIpc) is 3.04. The predicted molar refractivity (Wildman–Crippen MR) is 90.2 cm³/mol. The average molecular weight is 326 g/mol. The maximum Gasteiger partial charge on any atom is 0.220 e. The molecule has 0 spiro atoms. The van der Waals surface area contributed by atoms with Gasteiger partial charge >= 0.3 is 0 Å². The van der Waals surface area contributed by atoms with Crippen molar-refractivity contribution in [3.63, 3.8) is 0 Å². The van der Waals surface area contributed by atoms with E-state index < -0.39 is 0 Å². The maximum atomic E-state index is 14.1. The second-order valence-corrected chi connectivity index (χ2v) is 5.71. The molecule has 0 fully saturated rings. The van der Waals surface area contributed by atoms with Gasteiger partial charge < -0.3 is 10.1 Å². The van der Waals surface area contributed by atoms with Crippen molar-refractivity contribution in [2.45, 2.75) is 25.4 Å². The molecule has 0 saturated carbocycles. The first kappa shape index (κ1) is 16.2. The molecule has 2 aromatic rings. The Bertz CT molecular complexity index is 747. The van der Waals surface area contributed by atoms with Gasteiger partial charge in [0.15, 0.2) is 0 Å². The van der Waals surface area contributed by atoms with Crippen LogP contribution in [0.25, 0.3) is 11.1 Å². The molecule has 2 heterocycles. The highest BCUT2D eigenvalue weighted by Crippen LogP contribution is 2.39. The molecule has 0 radical (unpaired) electrons. The molecule has 4 nitrogen and oxygen atoms in total. The largest absolute Gasteiger partial charge is 0.487 e. The van der Waals surface area contributed by atoms with Crippen LogP contribution in [0.15, 0.2) is 49.3 Å². The van der Waals surface area contributed by atoms with Gasteiger partial charge in [-0.3, -0.25) is 9.78 Å². The normalized spacial score (nSPS) is 15.5. The molecular formula is C19H19FN2O2. The molecule has 1 aromatic carbocycles. The van der Waals surface area contributed by atoms with Crippen LogP contribution in [-0.2, 0) is 11.2 Å². The summed E-state index contributed by atoms with van der Waals surface area (Å²) >= 11 is 0. The Balaban J connectivity index is 1.73. The molecular weight excluding hydrogens is 307 g/mol. The molecule has 1 N–H and O–H groups in total. The highest BCUT2D eigenvalue weighted by Gasteiger charge is 2.29. The van der Waals surface area contributed by atoms with Gasteiger partial charge in [-0.25, -0.2) is 4.39 Å². The first-order valence-corrected chi connectivity index (χ1v) is 7.95. The van der Waals surface area contributed by atoms with Crippen LogP contribution in [0.4, 0.5) is 4.39 Å². The van der Waals surface area contributed by atoms with Crippen LogP contribution in [-0.4, -0.2) is 23.5 Å². The van der Waals surface area contributed by atoms with Gasteiger partial charge in [-0.1, -0.05) is 6.08 Å². The number of amides is 1. The summed E-state index contributed by atoms with van der Waals surface area (Å²) in [4.78, 5) is 15.7. The van der Waals surface area contributed by atoms with Gasteiger partial charge in [0.25, 0.3) is 0 Å². The lowest BCUT2D eigenvalue weighted by Gasteiger charge is -2.13. The lowest BCUT2D eigenvalue weighted by molar-refractivity contribution is -0.121. The van der Waals surface area contributed by atoms with E-state index >= 15 is 0 Å². The molecule has 1 atom stereocenters. The maximum absolute atomic E-state index is 14.1. The Morgan fingerprint density at radius 3 is 2.92 bits per heavy atom. The van der Waals surface area contributed by atoms with Crippen molar-refractivity contribution in [1.82, 2.24) is 10.3 Å². The third-order valence-electron chi connectivity index (χ3n) is 4.01. The number of aromatic nitrogens is 1. The second-order valence-electron chi connectivity index (χ2n) is 5.71.